The maximum Gasteiger partial charge on any atom is 0.150 e. The SMILES string of the molecule is COC(C)(C)Cc1nnc2n1CCNC2C1CC1. The molecule has 3 rings (SSSR count). The maximum atomic E-state index is 5.49. The zero-order valence-electron chi connectivity index (χ0n) is 11.4. The zero-order valence-corrected chi connectivity index (χ0v) is 11.4. The van der Waals surface area contributed by atoms with Gasteiger partial charge in [0.05, 0.1) is 11.6 Å². The van der Waals surface area contributed by atoms with E-state index in [1.54, 1.807) is 7.11 Å². The number of ether oxygens (including phenoxy) is 1. The molecule has 1 fully saturated rings. The number of hydrogen-bond acceptors (Lipinski definition) is 4. The number of methoxy groups -OCH3 is 1. The minimum atomic E-state index is -0.177. The summed E-state index contributed by atoms with van der Waals surface area (Å²) in [5.41, 5.74) is -0.177. The van der Waals surface area contributed by atoms with Crippen LogP contribution in [0.1, 0.15) is 44.4 Å². The molecule has 100 valence electrons. The number of hydrogen-bond donors (Lipinski definition) is 1. The Kier molecular flexibility index (Phi) is 2.90. The fraction of sp³-hybridized carbons (Fsp3) is 0.846. The number of nitrogens with zero attached hydrogens (tertiary/aromatic N) is 3. The second kappa shape index (κ2) is 4.31. The normalized spacial score (nSPS) is 24.1. The summed E-state index contributed by atoms with van der Waals surface area (Å²) in [6.45, 7) is 6.18. The first-order valence-corrected chi connectivity index (χ1v) is 6.81. The minimum Gasteiger partial charge on any atom is -0.378 e. The summed E-state index contributed by atoms with van der Waals surface area (Å²) in [6.07, 6.45) is 3.46. The summed E-state index contributed by atoms with van der Waals surface area (Å²) in [5.74, 6) is 2.96. The first-order chi connectivity index (χ1) is 8.61. The van der Waals surface area contributed by atoms with Crippen LogP contribution in [0.15, 0.2) is 0 Å². The van der Waals surface area contributed by atoms with Gasteiger partial charge < -0.3 is 14.6 Å². The fourth-order valence-corrected chi connectivity index (χ4v) is 2.64. The van der Waals surface area contributed by atoms with E-state index in [0.717, 1.165) is 37.1 Å². The van der Waals surface area contributed by atoms with Gasteiger partial charge in [-0.3, -0.25) is 0 Å². The highest BCUT2D eigenvalue weighted by molar-refractivity contribution is 5.10. The molecule has 5 nitrogen and oxygen atoms in total. The van der Waals surface area contributed by atoms with Gasteiger partial charge in [-0.1, -0.05) is 0 Å². The van der Waals surface area contributed by atoms with Crippen LogP contribution in [0, 0.1) is 5.92 Å². The van der Waals surface area contributed by atoms with Crippen LogP contribution in [-0.2, 0) is 17.7 Å². The van der Waals surface area contributed by atoms with E-state index in [-0.39, 0.29) is 5.60 Å². The van der Waals surface area contributed by atoms with Crippen molar-refractivity contribution in [2.45, 2.75) is 51.3 Å². The van der Waals surface area contributed by atoms with Crippen molar-refractivity contribution in [2.24, 2.45) is 5.92 Å². The molecule has 1 aromatic heterocycles. The molecule has 0 radical (unpaired) electrons. The molecule has 1 N–H and O–H groups in total. The van der Waals surface area contributed by atoms with Crippen LogP contribution >= 0.6 is 0 Å². The van der Waals surface area contributed by atoms with Gasteiger partial charge >= 0.3 is 0 Å². The second-order valence-electron chi connectivity index (χ2n) is 6.04. The molecule has 1 aliphatic carbocycles. The summed E-state index contributed by atoms with van der Waals surface area (Å²) in [4.78, 5) is 0. The fourth-order valence-electron chi connectivity index (χ4n) is 2.64. The average molecular weight is 250 g/mol. The molecule has 0 aromatic carbocycles. The smallest absolute Gasteiger partial charge is 0.150 e. The third kappa shape index (κ3) is 2.17. The standard InChI is InChI=1S/C13H22N4O/c1-13(2,18-3)8-10-15-16-12-11(9-4-5-9)14-6-7-17(10)12/h9,11,14H,4-8H2,1-3H3. The van der Waals surface area contributed by atoms with Crippen molar-refractivity contribution in [3.05, 3.63) is 11.6 Å². The summed E-state index contributed by atoms with van der Waals surface area (Å²) >= 11 is 0. The highest BCUT2D eigenvalue weighted by Crippen LogP contribution is 2.41. The third-order valence-electron chi connectivity index (χ3n) is 4.06. The Bertz CT molecular complexity index is 436. The first-order valence-electron chi connectivity index (χ1n) is 6.81. The van der Waals surface area contributed by atoms with Gasteiger partial charge in [-0.25, -0.2) is 0 Å². The minimum absolute atomic E-state index is 0.177. The Morgan fingerprint density at radius 3 is 2.83 bits per heavy atom. The van der Waals surface area contributed by atoms with Crippen LogP contribution in [0.3, 0.4) is 0 Å². The van der Waals surface area contributed by atoms with Gasteiger partial charge in [0, 0.05) is 26.6 Å². The number of fused-ring (bicyclic) bond motifs is 1. The lowest BCUT2D eigenvalue weighted by Gasteiger charge is -2.27. The number of aromatic nitrogens is 3. The van der Waals surface area contributed by atoms with Crippen LogP contribution < -0.4 is 5.32 Å². The van der Waals surface area contributed by atoms with Crippen molar-refractivity contribution in [2.75, 3.05) is 13.7 Å². The molecule has 0 spiro atoms. The molecule has 1 unspecified atom stereocenters. The lowest BCUT2D eigenvalue weighted by Crippen LogP contribution is -2.36. The van der Waals surface area contributed by atoms with Crippen LogP contribution in [-0.4, -0.2) is 34.0 Å². The lowest BCUT2D eigenvalue weighted by atomic mass is 10.0. The van der Waals surface area contributed by atoms with Gasteiger partial charge in [-0.15, -0.1) is 10.2 Å². The van der Waals surface area contributed by atoms with Crippen molar-refractivity contribution in [3.8, 4) is 0 Å². The average Bonchev–Trinajstić information content (AvgIpc) is 3.12. The van der Waals surface area contributed by atoms with Gasteiger partial charge in [0.2, 0.25) is 0 Å². The molecule has 0 saturated heterocycles. The van der Waals surface area contributed by atoms with E-state index in [4.69, 9.17) is 4.74 Å². The van der Waals surface area contributed by atoms with Gasteiger partial charge in [-0.05, 0) is 32.6 Å². The molecule has 1 atom stereocenters. The summed E-state index contributed by atoms with van der Waals surface area (Å²) in [6, 6.07) is 0.422. The van der Waals surface area contributed by atoms with Crippen LogP contribution in [0.2, 0.25) is 0 Å². The molecule has 2 aliphatic rings. The van der Waals surface area contributed by atoms with Crippen molar-refractivity contribution < 1.29 is 4.74 Å². The van der Waals surface area contributed by atoms with E-state index in [2.05, 4.69) is 33.9 Å². The van der Waals surface area contributed by atoms with Gasteiger partial charge in [0.25, 0.3) is 0 Å². The van der Waals surface area contributed by atoms with Crippen molar-refractivity contribution in [3.63, 3.8) is 0 Å². The predicted molar refractivity (Wildman–Crippen MR) is 68.3 cm³/mol. The van der Waals surface area contributed by atoms with Gasteiger partial charge in [0.1, 0.15) is 5.82 Å². The molecule has 18 heavy (non-hydrogen) atoms. The Morgan fingerprint density at radius 1 is 1.39 bits per heavy atom. The predicted octanol–water partition coefficient (Wildman–Crippen LogP) is 1.30. The summed E-state index contributed by atoms with van der Waals surface area (Å²) in [5, 5.41) is 12.4. The van der Waals surface area contributed by atoms with Gasteiger partial charge in [-0.2, -0.15) is 0 Å². The molecular formula is C13H22N4O. The maximum absolute atomic E-state index is 5.49. The number of rotatable bonds is 4. The van der Waals surface area contributed by atoms with E-state index in [9.17, 15) is 0 Å². The van der Waals surface area contributed by atoms with Crippen LogP contribution in [0.25, 0.3) is 0 Å². The molecular weight excluding hydrogens is 228 g/mol. The third-order valence-corrected chi connectivity index (χ3v) is 4.06. The molecule has 2 heterocycles. The monoisotopic (exact) mass is 250 g/mol. The zero-order chi connectivity index (χ0) is 12.8. The Hall–Kier alpha value is -0.940. The van der Waals surface area contributed by atoms with Crippen molar-refractivity contribution in [1.29, 1.82) is 0 Å². The van der Waals surface area contributed by atoms with Crippen LogP contribution in [0.4, 0.5) is 0 Å². The van der Waals surface area contributed by atoms with Gasteiger partial charge in [0.15, 0.2) is 5.82 Å². The summed E-state index contributed by atoms with van der Waals surface area (Å²) in [7, 11) is 1.75. The van der Waals surface area contributed by atoms with E-state index >= 15 is 0 Å². The highest BCUT2D eigenvalue weighted by Gasteiger charge is 2.38. The first kappa shape index (κ1) is 12.1. The topological polar surface area (TPSA) is 52.0 Å². The summed E-state index contributed by atoms with van der Waals surface area (Å²) < 4.78 is 7.78. The molecule has 0 amide bonds. The molecule has 0 bridgehead atoms. The number of nitrogens with one attached hydrogen (secondary N) is 1. The Labute approximate surface area is 108 Å². The highest BCUT2D eigenvalue weighted by atomic mass is 16.5. The van der Waals surface area contributed by atoms with Crippen molar-refractivity contribution >= 4 is 0 Å². The quantitative estimate of drug-likeness (QED) is 0.875. The van der Waals surface area contributed by atoms with E-state index in [0.29, 0.717) is 6.04 Å². The molecule has 1 aliphatic heterocycles. The van der Waals surface area contributed by atoms with E-state index in [1.807, 2.05) is 0 Å². The van der Waals surface area contributed by atoms with E-state index in [1.165, 1.54) is 12.8 Å². The Morgan fingerprint density at radius 2 is 2.17 bits per heavy atom. The second-order valence-corrected chi connectivity index (χ2v) is 6.04. The largest absolute Gasteiger partial charge is 0.378 e. The molecule has 5 heteroatoms. The Balaban J connectivity index is 1.85. The van der Waals surface area contributed by atoms with E-state index < -0.39 is 0 Å². The molecule has 1 saturated carbocycles. The molecule has 1 aromatic rings. The lowest BCUT2D eigenvalue weighted by molar-refractivity contribution is 0.0207. The van der Waals surface area contributed by atoms with Crippen molar-refractivity contribution in [1.82, 2.24) is 20.1 Å². The van der Waals surface area contributed by atoms with Crippen LogP contribution in [0.5, 0.6) is 0 Å².